The van der Waals surface area contributed by atoms with Gasteiger partial charge in [-0.2, -0.15) is 0 Å². The summed E-state index contributed by atoms with van der Waals surface area (Å²) in [5, 5.41) is 16.6. The van der Waals surface area contributed by atoms with Crippen molar-refractivity contribution < 1.29 is 0 Å². The quantitative estimate of drug-likeness (QED) is 0.373. The molecule has 0 radical (unpaired) electrons. The van der Waals surface area contributed by atoms with Gasteiger partial charge in [0.15, 0.2) is 0 Å². The Bertz CT molecular complexity index is 795. The van der Waals surface area contributed by atoms with Gasteiger partial charge in [-0.15, -0.1) is 0 Å². The van der Waals surface area contributed by atoms with Crippen molar-refractivity contribution in [1.29, 1.82) is 10.8 Å². The van der Waals surface area contributed by atoms with Crippen molar-refractivity contribution >= 4 is 22.6 Å². The highest BCUT2D eigenvalue weighted by Crippen LogP contribution is 2.29. The fourth-order valence-electron chi connectivity index (χ4n) is 2.50. The molecule has 0 unspecified atom stereocenters. The number of nitrogen functional groups attached to an aromatic ring is 2. The molecular formula is C16H15N5. The number of fused-ring (bicyclic) bond motifs is 1. The minimum atomic E-state index is -0.0493. The van der Waals surface area contributed by atoms with Crippen LogP contribution in [0.1, 0.15) is 11.1 Å². The Balaban J connectivity index is 2.33. The molecule has 0 aliphatic rings. The molecule has 1 heterocycles. The third-order valence-corrected chi connectivity index (χ3v) is 3.44. The molecule has 1 aromatic heterocycles. The first kappa shape index (κ1) is 12.9. The molecule has 0 amide bonds. The Morgan fingerprint density at radius 3 is 2.05 bits per heavy atom. The summed E-state index contributed by atoms with van der Waals surface area (Å²) in [5.41, 5.74) is 14.9. The van der Waals surface area contributed by atoms with Crippen LogP contribution in [0, 0.1) is 10.8 Å². The van der Waals surface area contributed by atoms with Gasteiger partial charge in [0.1, 0.15) is 11.7 Å². The first-order valence-electron chi connectivity index (χ1n) is 6.48. The number of aromatic amines is 1. The van der Waals surface area contributed by atoms with Crippen LogP contribution in [-0.2, 0) is 0 Å². The molecule has 0 aliphatic carbocycles. The number of para-hydroxylation sites is 1. The molecule has 5 nitrogen and oxygen atoms in total. The lowest BCUT2D eigenvalue weighted by molar-refractivity contribution is 1.37. The van der Waals surface area contributed by atoms with Crippen LogP contribution in [0.2, 0.25) is 0 Å². The molecule has 104 valence electrons. The number of H-pyrrole nitrogens is 1. The summed E-state index contributed by atoms with van der Waals surface area (Å²) >= 11 is 0. The highest BCUT2D eigenvalue weighted by molar-refractivity contribution is 6.10. The minimum Gasteiger partial charge on any atom is -0.384 e. The number of amidine groups is 2. The largest absolute Gasteiger partial charge is 0.384 e. The van der Waals surface area contributed by atoms with Gasteiger partial charge in [0.25, 0.3) is 0 Å². The lowest BCUT2D eigenvalue weighted by atomic mass is 9.96. The fraction of sp³-hybridized carbons (Fsp3) is 0. The maximum absolute atomic E-state index is 7.75. The molecule has 5 heteroatoms. The van der Waals surface area contributed by atoms with Gasteiger partial charge in [-0.3, -0.25) is 10.8 Å². The Hall–Kier alpha value is -3.08. The molecule has 0 spiro atoms. The lowest BCUT2D eigenvalue weighted by Crippen LogP contribution is -2.18. The molecule has 0 fully saturated rings. The van der Waals surface area contributed by atoms with E-state index >= 15 is 0 Å². The predicted molar refractivity (Wildman–Crippen MR) is 85.8 cm³/mol. The SMILES string of the molecule is N=C(N)c1cccc(C(=N)N)c1-c1cc2ccccc2[nH]1. The van der Waals surface area contributed by atoms with Crippen LogP contribution in [0.4, 0.5) is 0 Å². The van der Waals surface area contributed by atoms with Crippen molar-refractivity contribution in [2.24, 2.45) is 11.5 Å². The normalized spacial score (nSPS) is 10.7. The van der Waals surface area contributed by atoms with Gasteiger partial charge in [0.2, 0.25) is 0 Å². The number of nitrogens with two attached hydrogens (primary N) is 2. The summed E-state index contributed by atoms with van der Waals surface area (Å²) in [6.07, 6.45) is 0. The Morgan fingerprint density at radius 2 is 1.48 bits per heavy atom. The van der Waals surface area contributed by atoms with Gasteiger partial charge < -0.3 is 16.5 Å². The van der Waals surface area contributed by atoms with E-state index < -0.39 is 0 Å². The number of benzene rings is 2. The highest BCUT2D eigenvalue weighted by Gasteiger charge is 2.16. The summed E-state index contributed by atoms with van der Waals surface area (Å²) < 4.78 is 0. The number of rotatable bonds is 3. The summed E-state index contributed by atoms with van der Waals surface area (Å²) in [4.78, 5) is 3.30. The van der Waals surface area contributed by atoms with Crippen molar-refractivity contribution in [3.63, 3.8) is 0 Å². The van der Waals surface area contributed by atoms with Gasteiger partial charge in [0.05, 0.1) is 0 Å². The van der Waals surface area contributed by atoms with Crippen molar-refractivity contribution in [1.82, 2.24) is 4.98 Å². The van der Waals surface area contributed by atoms with Crippen LogP contribution >= 0.6 is 0 Å². The van der Waals surface area contributed by atoms with E-state index in [9.17, 15) is 0 Å². The third-order valence-electron chi connectivity index (χ3n) is 3.44. The average Bonchev–Trinajstić information content (AvgIpc) is 2.89. The second-order valence-corrected chi connectivity index (χ2v) is 4.83. The number of aromatic nitrogens is 1. The van der Waals surface area contributed by atoms with E-state index in [1.807, 2.05) is 30.3 Å². The van der Waals surface area contributed by atoms with Gasteiger partial charge in [-0.05, 0) is 12.1 Å². The maximum Gasteiger partial charge on any atom is 0.123 e. The van der Waals surface area contributed by atoms with Gasteiger partial charge in [0, 0.05) is 33.3 Å². The fourth-order valence-corrected chi connectivity index (χ4v) is 2.50. The number of hydrogen-bond donors (Lipinski definition) is 5. The average molecular weight is 277 g/mol. The zero-order chi connectivity index (χ0) is 15.0. The molecule has 3 aromatic rings. The zero-order valence-corrected chi connectivity index (χ0v) is 11.3. The first-order chi connectivity index (χ1) is 10.1. The molecule has 7 N–H and O–H groups in total. The van der Waals surface area contributed by atoms with Crippen molar-refractivity contribution in [2.45, 2.75) is 0 Å². The van der Waals surface area contributed by atoms with Crippen LogP contribution < -0.4 is 11.5 Å². The highest BCUT2D eigenvalue weighted by atomic mass is 14.8. The maximum atomic E-state index is 7.75. The zero-order valence-electron chi connectivity index (χ0n) is 11.3. The Labute approximate surface area is 121 Å². The van der Waals surface area contributed by atoms with Crippen molar-refractivity contribution in [3.8, 4) is 11.3 Å². The monoisotopic (exact) mass is 277 g/mol. The molecular weight excluding hydrogens is 262 g/mol. The van der Waals surface area contributed by atoms with E-state index in [1.165, 1.54) is 0 Å². The molecule has 21 heavy (non-hydrogen) atoms. The van der Waals surface area contributed by atoms with Crippen molar-refractivity contribution in [3.05, 3.63) is 59.7 Å². The second kappa shape index (κ2) is 4.79. The minimum absolute atomic E-state index is 0.0493. The van der Waals surface area contributed by atoms with Crippen LogP contribution in [0.25, 0.3) is 22.2 Å². The van der Waals surface area contributed by atoms with Crippen LogP contribution in [0.5, 0.6) is 0 Å². The third kappa shape index (κ3) is 2.14. The topological polar surface area (TPSA) is 116 Å². The van der Waals surface area contributed by atoms with Crippen LogP contribution in [0.15, 0.2) is 48.5 Å². The van der Waals surface area contributed by atoms with Gasteiger partial charge in [-0.1, -0.05) is 36.4 Å². The molecule has 3 rings (SSSR count). The summed E-state index contributed by atoms with van der Waals surface area (Å²) in [6.45, 7) is 0. The summed E-state index contributed by atoms with van der Waals surface area (Å²) in [7, 11) is 0. The molecule has 0 aliphatic heterocycles. The smallest absolute Gasteiger partial charge is 0.123 e. The van der Waals surface area contributed by atoms with E-state index in [0.29, 0.717) is 16.7 Å². The van der Waals surface area contributed by atoms with Crippen LogP contribution in [0.3, 0.4) is 0 Å². The first-order valence-corrected chi connectivity index (χ1v) is 6.48. The lowest BCUT2D eigenvalue weighted by Gasteiger charge is -2.12. The van der Waals surface area contributed by atoms with Gasteiger partial charge in [-0.25, -0.2) is 0 Å². The molecule has 0 saturated heterocycles. The van der Waals surface area contributed by atoms with E-state index in [2.05, 4.69) is 4.98 Å². The van der Waals surface area contributed by atoms with E-state index in [-0.39, 0.29) is 11.7 Å². The van der Waals surface area contributed by atoms with Crippen LogP contribution in [-0.4, -0.2) is 16.7 Å². The number of hydrogen-bond acceptors (Lipinski definition) is 2. The van der Waals surface area contributed by atoms with Gasteiger partial charge >= 0.3 is 0 Å². The van der Waals surface area contributed by atoms with Crippen molar-refractivity contribution in [2.75, 3.05) is 0 Å². The Kier molecular flexibility index (Phi) is 2.95. The van der Waals surface area contributed by atoms with E-state index in [4.69, 9.17) is 22.3 Å². The molecule has 2 aromatic carbocycles. The number of nitrogens with one attached hydrogen (secondary N) is 3. The molecule has 0 bridgehead atoms. The summed E-state index contributed by atoms with van der Waals surface area (Å²) in [5.74, 6) is -0.0986. The second-order valence-electron chi connectivity index (χ2n) is 4.83. The standard InChI is InChI=1S/C16H15N5/c17-15(18)10-5-3-6-11(16(19)20)14(10)13-8-9-4-1-2-7-12(9)21-13/h1-8,21H,(H3,17,18)(H3,19,20). The summed E-state index contributed by atoms with van der Waals surface area (Å²) in [6, 6.07) is 15.1. The predicted octanol–water partition coefficient (Wildman–Crippen LogP) is 2.40. The van der Waals surface area contributed by atoms with E-state index in [1.54, 1.807) is 18.2 Å². The molecule has 0 atom stereocenters. The molecule has 0 saturated carbocycles. The van der Waals surface area contributed by atoms with E-state index in [0.717, 1.165) is 16.6 Å². The Morgan fingerprint density at radius 1 is 0.857 bits per heavy atom.